The van der Waals surface area contributed by atoms with Crippen LogP contribution in [0.25, 0.3) is 11.6 Å². The number of aromatic carboxylic acids is 1. The Hall–Kier alpha value is -4.77. The van der Waals surface area contributed by atoms with Gasteiger partial charge < -0.3 is 25.8 Å². The molecule has 0 atom stereocenters. The van der Waals surface area contributed by atoms with Crippen LogP contribution in [0.15, 0.2) is 36.4 Å². The number of hydrogen-bond donors (Lipinski definition) is 6. The van der Waals surface area contributed by atoms with Crippen molar-refractivity contribution in [3.63, 3.8) is 0 Å². The fourth-order valence-electron chi connectivity index (χ4n) is 3.97. The third-order valence-corrected chi connectivity index (χ3v) is 5.73. The first-order chi connectivity index (χ1) is 17.1. The molecule has 0 saturated carbocycles. The van der Waals surface area contributed by atoms with Gasteiger partial charge >= 0.3 is 12.0 Å². The van der Waals surface area contributed by atoms with Crippen molar-refractivity contribution in [1.29, 1.82) is 0 Å². The SMILES string of the molecule is Cc1[nH]c(/C=C2\C(=O)Nc3cc(NC(=O)NC(=O)c4ccc(CO)cc4F)ccc32)c(C)c1C(=O)O. The Morgan fingerprint density at radius 1 is 1.11 bits per heavy atom. The number of aromatic nitrogens is 1. The Balaban J connectivity index is 1.51. The Kier molecular flexibility index (Phi) is 6.41. The summed E-state index contributed by atoms with van der Waals surface area (Å²) in [6, 6.07) is 7.21. The molecule has 3 aromatic rings. The average Bonchev–Trinajstić information content (AvgIpc) is 3.27. The molecule has 184 valence electrons. The highest BCUT2D eigenvalue weighted by molar-refractivity contribution is 6.35. The summed E-state index contributed by atoms with van der Waals surface area (Å²) in [5.74, 6) is -3.33. The van der Waals surface area contributed by atoms with Gasteiger partial charge in [0.25, 0.3) is 11.8 Å². The number of aromatic amines is 1. The lowest BCUT2D eigenvalue weighted by atomic mass is 10.0. The molecule has 0 saturated heterocycles. The maximum Gasteiger partial charge on any atom is 0.337 e. The van der Waals surface area contributed by atoms with Crippen LogP contribution < -0.4 is 16.0 Å². The van der Waals surface area contributed by atoms with E-state index in [4.69, 9.17) is 5.11 Å². The Bertz CT molecular complexity index is 1470. The third kappa shape index (κ3) is 4.59. The molecule has 36 heavy (non-hydrogen) atoms. The fourth-order valence-corrected chi connectivity index (χ4v) is 3.97. The zero-order valence-electron chi connectivity index (χ0n) is 19.2. The minimum atomic E-state index is -1.07. The molecule has 2 aromatic carbocycles. The van der Waals surface area contributed by atoms with Crippen molar-refractivity contribution in [2.24, 2.45) is 0 Å². The average molecular weight is 492 g/mol. The summed E-state index contributed by atoms with van der Waals surface area (Å²) < 4.78 is 14.1. The van der Waals surface area contributed by atoms with Gasteiger partial charge in [-0.3, -0.25) is 14.9 Å². The minimum Gasteiger partial charge on any atom is -0.478 e. The number of benzene rings is 2. The number of hydrogen-bond acceptors (Lipinski definition) is 5. The van der Waals surface area contributed by atoms with Gasteiger partial charge in [-0.2, -0.15) is 0 Å². The number of imide groups is 1. The van der Waals surface area contributed by atoms with Crippen molar-refractivity contribution in [1.82, 2.24) is 10.3 Å². The first-order valence-corrected chi connectivity index (χ1v) is 10.7. The zero-order valence-corrected chi connectivity index (χ0v) is 19.2. The summed E-state index contributed by atoms with van der Waals surface area (Å²) in [6.07, 6.45) is 1.56. The van der Waals surface area contributed by atoms with Crippen LogP contribution in [-0.4, -0.2) is 39.0 Å². The number of fused-ring (bicyclic) bond motifs is 1. The molecule has 0 radical (unpaired) electrons. The quantitative estimate of drug-likeness (QED) is 0.299. The normalized spacial score (nSPS) is 13.3. The maximum atomic E-state index is 14.1. The number of nitrogens with one attached hydrogen (secondary N) is 4. The summed E-state index contributed by atoms with van der Waals surface area (Å²) in [5, 5.41) is 25.6. The number of carbonyl (C=O) groups is 4. The fraction of sp³-hybridized carbons (Fsp3) is 0.120. The van der Waals surface area contributed by atoms with Crippen molar-refractivity contribution in [3.8, 4) is 0 Å². The molecule has 6 N–H and O–H groups in total. The number of aliphatic hydroxyl groups excluding tert-OH is 1. The molecular weight excluding hydrogens is 471 g/mol. The molecule has 4 rings (SSSR count). The van der Waals surface area contributed by atoms with E-state index in [9.17, 15) is 28.7 Å². The lowest BCUT2D eigenvalue weighted by Gasteiger charge is -2.09. The number of carboxylic acid groups (broad SMARTS) is 1. The monoisotopic (exact) mass is 492 g/mol. The standard InChI is InChI=1S/C25H21FN4O6/c1-11-19(27-12(2)21(11)24(34)35)9-17-15-6-4-14(8-20(15)29-23(17)33)28-25(36)30-22(32)16-5-3-13(10-31)7-18(16)26/h3-9,27,31H,10H2,1-2H3,(H,29,33)(H,34,35)(H2,28,30,32,36)/b17-9-. The summed E-state index contributed by atoms with van der Waals surface area (Å²) in [6.45, 7) is 2.89. The number of aliphatic hydroxyl groups is 1. The van der Waals surface area contributed by atoms with Crippen LogP contribution in [0.5, 0.6) is 0 Å². The van der Waals surface area contributed by atoms with Gasteiger partial charge in [0, 0.05) is 22.6 Å². The zero-order chi connectivity index (χ0) is 26.1. The number of carboxylic acids is 1. The molecule has 4 amide bonds. The summed E-state index contributed by atoms with van der Waals surface area (Å²) in [7, 11) is 0. The molecule has 0 spiro atoms. The van der Waals surface area contributed by atoms with Gasteiger partial charge in [-0.1, -0.05) is 12.1 Å². The predicted molar refractivity (Wildman–Crippen MR) is 129 cm³/mol. The van der Waals surface area contributed by atoms with Gasteiger partial charge in [0.05, 0.1) is 29.0 Å². The first kappa shape index (κ1) is 24.4. The van der Waals surface area contributed by atoms with Crippen LogP contribution >= 0.6 is 0 Å². The van der Waals surface area contributed by atoms with E-state index in [0.29, 0.717) is 33.8 Å². The van der Waals surface area contributed by atoms with E-state index in [1.165, 1.54) is 18.2 Å². The highest BCUT2D eigenvalue weighted by Crippen LogP contribution is 2.35. The van der Waals surface area contributed by atoms with Crippen molar-refractivity contribution in [2.45, 2.75) is 20.5 Å². The van der Waals surface area contributed by atoms with E-state index >= 15 is 0 Å². The lowest BCUT2D eigenvalue weighted by molar-refractivity contribution is -0.110. The summed E-state index contributed by atoms with van der Waals surface area (Å²) >= 11 is 0. The molecule has 0 bridgehead atoms. The van der Waals surface area contributed by atoms with E-state index in [0.717, 1.165) is 12.1 Å². The first-order valence-electron chi connectivity index (χ1n) is 10.7. The molecule has 1 aliphatic heterocycles. The van der Waals surface area contributed by atoms with E-state index in [-0.39, 0.29) is 22.4 Å². The second-order valence-corrected chi connectivity index (χ2v) is 8.12. The van der Waals surface area contributed by atoms with Crippen LogP contribution in [0.3, 0.4) is 0 Å². The molecular formula is C25H21FN4O6. The number of anilines is 2. The number of amides is 4. The topological polar surface area (TPSA) is 161 Å². The molecule has 1 aromatic heterocycles. The van der Waals surface area contributed by atoms with Gasteiger partial charge in [0.1, 0.15) is 5.82 Å². The smallest absolute Gasteiger partial charge is 0.337 e. The van der Waals surface area contributed by atoms with E-state index in [1.54, 1.807) is 26.0 Å². The van der Waals surface area contributed by atoms with Crippen molar-refractivity contribution < 1.29 is 33.8 Å². The third-order valence-electron chi connectivity index (χ3n) is 5.73. The van der Waals surface area contributed by atoms with Crippen LogP contribution in [0, 0.1) is 19.7 Å². The molecule has 0 aliphatic carbocycles. The highest BCUT2D eigenvalue weighted by Gasteiger charge is 2.26. The van der Waals surface area contributed by atoms with Crippen LogP contribution in [0.1, 0.15) is 48.8 Å². The van der Waals surface area contributed by atoms with Crippen LogP contribution in [0.2, 0.25) is 0 Å². The largest absolute Gasteiger partial charge is 0.478 e. The Morgan fingerprint density at radius 3 is 2.50 bits per heavy atom. The lowest BCUT2D eigenvalue weighted by Crippen LogP contribution is -2.34. The second-order valence-electron chi connectivity index (χ2n) is 8.12. The van der Waals surface area contributed by atoms with Crippen molar-refractivity contribution in [2.75, 3.05) is 10.6 Å². The number of urea groups is 1. The van der Waals surface area contributed by atoms with Gasteiger partial charge in [-0.25, -0.2) is 14.0 Å². The summed E-state index contributed by atoms with van der Waals surface area (Å²) in [4.78, 5) is 51.5. The molecule has 0 fully saturated rings. The second kappa shape index (κ2) is 9.47. The Labute approximate surface area is 203 Å². The van der Waals surface area contributed by atoms with E-state index < -0.39 is 36.2 Å². The number of rotatable bonds is 5. The van der Waals surface area contributed by atoms with Gasteiger partial charge in [-0.15, -0.1) is 0 Å². The highest BCUT2D eigenvalue weighted by atomic mass is 19.1. The number of aryl methyl sites for hydroxylation is 1. The van der Waals surface area contributed by atoms with E-state index in [1.807, 2.05) is 5.32 Å². The Morgan fingerprint density at radius 2 is 1.86 bits per heavy atom. The molecule has 0 unspecified atom stereocenters. The molecule has 2 heterocycles. The number of carbonyl (C=O) groups excluding carboxylic acids is 3. The van der Waals surface area contributed by atoms with Crippen molar-refractivity contribution >= 4 is 46.8 Å². The summed E-state index contributed by atoms with van der Waals surface area (Å²) in [5.41, 5.74) is 3.02. The number of H-pyrrole nitrogens is 1. The number of halogens is 1. The molecule has 1 aliphatic rings. The van der Waals surface area contributed by atoms with Crippen molar-refractivity contribution in [3.05, 3.63) is 81.4 Å². The van der Waals surface area contributed by atoms with Crippen LogP contribution in [-0.2, 0) is 11.4 Å². The molecule has 10 nitrogen and oxygen atoms in total. The van der Waals surface area contributed by atoms with Crippen LogP contribution in [0.4, 0.5) is 20.6 Å². The van der Waals surface area contributed by atoms with Gasteiger partial charge in [-0.05, 0) is 55.3 Å². The predicted octanol–water partition coefficient (Wildman–Crippen LogP) is 3.42. The maximum absolute atomic E-state index is 14.1. The minimum absolute atomic E-state index is 0.143. The van der Waals surface area contributed by atoms with Gasteiger partial charge in [0.2, 0.25) is 0 Å². The van der Waals surface area contributed by atoms with Gasteiger partial charge in [0.15, 0.2) is 0 Å². The molecule has 11 heteroatoms. The van der Waals surface area contributed by atoms with E-state index in [2.05, 4.69) is 15.6 Å².